The van der Waals surface area contributed by atoms with Crippen LogP contribution in [0.4, 0.5) is 0 Å². The van der Waals surface area contributed by atoms with Crippen molar-refractivity contribution in [3.8, 4) is 0 Å². The molecule has 5 atom stereocenters. The molecular weight excluding hydrogens is 458 g/mol. The van der Waals surface area contributed by atoms with E-state index in [0.717, 1.165) is 0 Å². The molecule has 35 heavy (non-hydrogen) atoms. The summed E-state index contributed by atoms with van der Waals surface area (Å²) in [6, 6.07) is -4.69. The monoisotopic (exact) mass is 495 g/mol. The minimum absolute atomic E-state index is 0.000804. The molecule has 0 fully saturated rings. The number of nitrogens with two attached hydrogens (primary N) is 2. The summed E-state index contributed by atoms with van der Waals surface area (Å²) in [7, 11) is 0. The maximum Gasteiger partial charge on any atom is 0.326 e. The lowest BCUT2D eigenvalue weighted by molar-refractivity contribution is -0.143. The van der Waals surface area contributed by atoms with E-state index < -0.39 is 60.2 Å². The molecule has 0 saturated carbocycles. The van der Waals surface area contributed by atoms with Gasteiger partial charge in [-0.1, -0.05) is 34.1 Å². The number of aromatic nitrogens is 2. The van der Waals surface area contributed by atoms with Crippen LogP contribution in [0.5, 0.6) is 0 Å². The highest BCUT2D eigenvalue weighted by Crippen LogP contribution is 2.08. The van der Waals surface area contributed by atoms with Crippen molar-refractivity contribution in [3.63, 3.8) is 0 Å². The van der Waals surface area contributed by atoms with E-state index in [4.69, 9.17) is 11.5 Å². The van der Waals surface area contributed by atoms with E-state index in [1.54, 1.807) is 20.8 Å². The number of carbonyl (C=O) groups is 5. The van der Waals surface area contributed by atoms with Gasteiger partial charge in [0.15, 0.2) is 0 Å². The van der Waals surface area contributed by atoms with Gasteiger partial charge in [-0.3, -0.25) is 19.2 Å². The SMILES string of the molecule is CCC(C)C(N)C(=O)NC(Cc1cnc[nH]1)C(=O)NC(CC(N)=O)C(=O)NC(CC(C)C)C(=O)O. The number of carboxylic acid groups (broad SMARTS) is 1. The van der Waals surface area contributed by atoms with E-state index in [9.17, 15) is 29.1 Å². The third-order valence-corrected chi connectivity index (χ3v) is 5.53. The predicted octanol–water partition coefficient (Wildman–Crippen LogP) is -1.21. The molecule has 5 unspecified atom stereocenters. The van der Waals surface area contributed by atoms with Crippen LogP contribution >= 0.6 is 0 Å². The molecular formula is C22H37N7O6. The number of nitrogens with zero attached hydrogens (tertiary/aromatic N) is 1. The van der Waals surface area contributed by atoms with Crippen molar-refractivity contribution in [2.45, 2.75) is 77.5 Å². The van der Waals surface area contributed by atoms with Gasteiger partial charge in [0.2, 0.25) is 23.6 Å². The number of rotatable bonds is 15. The summed E-state index contributed by atoms with van der Waals surface area (Å²) in [5.41, 5.74) is 11.8. The zero-order valence-electron chi connectivity index (χ0n) is 20.5. The number of hydrogen-bond donors (Lipinski definition) is 7. The number of carboxylic acids is 1. The standard InChI is InChI=1S/C22H37N7O6/c1-5-12(4)18(24)21(33)28-14(7-13-9-25-10-26-13)19(31)27-15(8-17(23)30)20(32)29-16(22(34)35)6-11(2)3/h9-12,14-16,18H,5-8,24H2,1-4H3,(H2,23,30)(H,25,26)(H,27,31)(H,28,33)(H,29,32)(H,34,35). The lowest BCUT2D eigenvalue weighted by atomic mass is 9.98. The molecule has 0 bridgehead atoms. The van der Waals surface area contributed by atoms with Gasteiger partial charge < -0.3 is 37.5 Å². The summed E-state index contributed by atoms with van der Waals surface area (Å²) in [5.74, 6) is -4.53. The van der Waals surface area contributed by atoms with Crippen LogP contribution in [-0.2, 0) is 30.4 Å². The predicted molar refractivity (Wildman–Crippen MR) is 126 cm³/mol. The van der Waals surface area contributed by atoms with Crippen molar-refractivity contribution in [1.29, 1.82) is 0 Å². The van der Waals surface area contributed by atoms with Gasteiger partial charge in [0.1, 0.15) is 18.1 Å². The Kier molecular flexibility index (Phi) is 11.9. The molecule has 1 rings (SSSR count). The number of nitrogens with one attached hydrogen (secondary N) is 4. The third kappa shape index (κ3) is 10.1. The van der Waals surface area contributed by atoms with Gasteiger partial charge in [-0.15, -0.1) is 0 Å². The molecule has 13 nitrogen and oxygen atoms in total. The zero-order valence-corrected chi connectivity index (χ0v) is 20.5. The van der Waals surface area contributed by atoms with E-state index in [2.05, 4.69) is 25.9 Å². The highest BCUT2D eigenvalue weighted by atomic mass is 16.4. The highest BCUT2D eigenvalue weighted by Gasteiger charge is 2.32. The minimum atomic E-state index is -1.45. The number of carbonyl (C=O) groups excluding carboxylic acids is 4. The average molecular weight is 496 g/mol. The maximum atomic E-state index is 13.1. The van der Waals surface area contributed by atoms with Crippen LogP contribution in [0.15, 0.2) is 12.5 Å². The molecule has 0 aromatic carbocycles. The Morgan fingerprint density at radius 1 is 1.00 bits per heavy atom. The molecule has 4 amide bonds. The van der Waals surface area contributed by atoms with Crippen molar-refractivity contribution >= 4 is 29.6 Å². The number of hydrogen-bond acceptors (Lipinski definition) is 7. The van der Waals surface area contributed by atoms with Crippen LogP contribution in [0.25, 0.3) is 0 Å². The quantitative estimate of drug-likeness (QED) is 0.156. The normalized spacial score (nSPS) is 15.4. The second kappa shape index (κ2) is 14.0. The molecule has 1 aromatic heterocycles. The van der Waals surface area contributed by atoms with Gasteiger partial charge in [-0.25, -0.2) is 9.78 Å². The van der Waals surface area contributed by atoms with Crippen LogP contribution in [0.3, 0.4) is 0 Å². The van der Waals surface area contributed by atoms with E-state index in [1.807, 2.05) is 6.92 Å². The third-order valence-electron chi connectivity index (χ3n) is 5.53. The fourth-order valence-corrected chi connectivity index (χ4v) is 3.25. The van der Waals surface area contributed by atoms with Crippen LogP contribution in [0.2, 0.25) is 0 Å². The minimum Gasteiger partial charge on any atom is -0.480 e. The molecule has 196 valence electrons. The Morgan fingerprint density at radius 2 is 1.57 bits per heavy atom. The molecule has 0 radical (unpaired) electrons. The molecule has 1 aromatic rings. The number of amides is 4. The maximum absolute atomic E-state index is 13.1. The van der Waals surface area contributed by atoms with E-state index >= 15 is 0 Å². The van der Waals surface area contributed by atoms with Crippen LogP contribution in [0, 0.1) is 11.8 Å². The number of primary amides is 1. The zero-order chi connectivity index (χ0) is 26.7. The molecule has 0 aliphatic rings. The first-order valence-corrected chi connectivity index (χ1v) is 11.5. The average Bonchev–Trinajstić information content (AvgIpc) is 3.28. The number of H-pyrrole nitrogens is 1. The van der Waals surface area contributed by atoms with E-state index in [0.29, 0.717) is 12.1 Å². The first-order valence-electron chi connectivity index (χ1n) is 11.5. The summed E-state index contributed by atoms with van der Waals surface area (Å²) in [5, 5.41) is 16.7. The van der Waals surface area contributed by atoms with Crippen molar-refractivity contribution < 1.29 is 29.1 Å². The first-order chi connectivity index (χ1) is 16.3. The molecule has 1 heterocycles. The second-order valence-corrected chi connectivity index (χ2v) is 9.01. The molecule has 13 heteroatoms. The molecule has 9 N–H and O–H groups in total. The Labute approximate surface area is 204 Å². The Bertz CT molecular complexity index is 874. The van der Waals surface area contributed by atoms with Crippen LogP contribution in [-0.4, -0.2) is 68.8 Å². The lowest BCUT2D eigenvalue weighted by Gasteiger charge is -2.25. The lowest BCUT2D eigenvalue weighted by Crippen LogP contribution is -2.58. The summed E-state index contributed by atoms with van der Waals surface area (Å²) in [6.07, 6.45) is 3.10. The summed E-state index contributed by atoms with van der Waals surface area (Å²) >= 11 is 0. The molecule has 0 aliphatic heterocycles. The van der Waals surface area contributed by atoms with Gasteiger partial charge in [0.25, 0.3) is 0 Å². The number of aromatic amines is 1. The van der Waals surface area contributed by atoms with E-state index in [1.165, 1.54) is 12.5 Å². The molecule has 0 spiro atoms. The molecule has 0 saturated heterocycles. The Morgan fingerprint density at radius 3 is 2.06 bits per heavy atom. The van der Waals surface area contributed by atoms with Gasteiger partial charge in [-0.2, -0.15) is 0 Å². The Hall–Kier alpha value is -3.48. The topological polar surface area (TPSA) is 222 Å². The van der Waals surface area contributed by atoms with Crippen molar-refractivity contribution in [2.75, 3.05) is 0 Å². The fourth-order valence-electron chi connectivity index (χ4n) is 3.25. The largest absolute Gasteiger partial charge is 0.480 e. The summed E-state index contributed by atoms with van der Waals surface area (Å²) in [4.78, 5) is 68.4. The van der Waals surface area contributed by atoms with Gasteiger partial charge in [0, 0.05) is 18.3 Å². The highest BCUT2D eigenvalue weighted by molar-refractivity contribution is 5.96. The van der Waals surface area contributed by atoms with Gasteiger partial charge in [-0.05, 0) is 18.3 Å². The van der Waals surface area contributed by atoms with Crippen molar-refractivity contribution in [1.82, 2.24) is 25.9 Å². The fraction of sp³-hybridized carbons (Fsp3) is 0.636. The first kappa shape index (κ1) is 29.6. The molecule has 0 aliphatic carbocycles. The summed E-state index contributed by atoms with van der Waals surface area (Å²) in [6.45, 7) is 7.26. The van der Waals surface area contributed by atoms with E-state index in [-0.39, 0.29) is 24.7 Å². The van der Waals surface area contributed by atoms with Gasteiger partial charge >= 0.3 is 5.97 Å². The second-order valence-electron chi connectivity index (χ2n) is 9.01. The number of aliphatic carboxylic acids is 1. The van der Waals surface area contributed by atoms with Crippen molar-refractivity contribution in [2.24, 2.45) is 23.3 Å². The van der Waals surface area contributed by atoms with Crippen LogP contribution in [0.1, 0.15) is 52.7 Å². The van der Waals surface area contributed by atoms with Gasteiger partial charge in [0.05, 0.1) is 18.8 Å². The number of imidazole rings is 1. The Balaban J connectivity index is 3.08. The van der Waals surface area contributed by atoms with Crippen molar-refractivity contribution in [3.05, 3.63) is 18.2 Å². The van der Waals surface area contributed by atoms with Crippen LogP contribution < -0.4 is 27.4 Å². The smallest absolute Gasteiger partial charge is 0.326 e. The summed E-state index contributed by atoms with van der Waals surface area (Å²) < 4.78 is 0.